The predicted molar refractivity (Wildman–Crippen MR) is 64.0 cm³/mol. The Labute approximate surface area is 92.4 Å². The quantitative estimate of drug-likeness (QED) is 0.805. The second-order valence-corrected chi connectivity index (χ2v) is 4.10. The van der Waals surface area contributed by atoms with Crippen molar-refractivity contribution in [2.75, 3.05) is 7.11 Å². The number of hydrogen-bond acceptors (Lipinski definition) is 2. The van der Waals surface area contributed by atoms with Crippen LogP contribution in [0, 0.1) is 5.92 Å². The third-order valence-electron chi connectivity index (χ3n) is 2.89. The van der Waals surface area contributed by atoms with E-state index in [1.165, 1.54) is 6.42 Å². The van der Waals surface area contributed by atoms with Crippen molar-refractivity contribution in [3.8, 4) is 5.75 Å². The van der Waals surface area contributed by atoms with Gasteiger partial charge in [0.1, 0.15) is 5.75 Å². The van der Waals surface area contributed by atoms with E-state index < -0.39 is 0 Å². The number of nitrogens with two attached hydrogens (primary N) is 1. The molecule has 1 aromatic rings. The molecule has 0 spiro atoms. The second-order valence-electron chi connectivity index (χ2n) is 4.10. The molecule has 0 aliphatic heterocycles. The zero-order valence-electron chi connectivity index (χ0n) is 9.86. The Balaban J connectivity index is 2.76. The first-order chi connectivity index (χ1) is 7.19. The number of ether oxygens (including phenoxy) is 1. The molecule has 84 valence electrons. The molecule has 0 heterocycles. The summed E-state index contributed by atoms with van der Waals surface area (Å²) in [6, 6.07) is 8.07. The molecule has 0 bridgehead atoms. The molecule has 0 radical (unpaired) electrons. The summed E-state index contributed by atoms with van der Waals surface area (Å²) >= 11 is 0. The van der Waals surface area contributed by atoms with Crippen LogP contribution in [0.1, 0.15) is 38.3 Å². The molecular weight excluding hydrogens is 186 g/mol. The standard InChI is InChI=1S/C13H21NO/c1-4-10(2)9-12(14)11-7-5-6-8-13(11)15-3/h5-8,10,12H,4,9,14H2,1-3H3. The number of para-hydroxylation sites is 1. The fraction of sp³-hybridized carbons (Fsp3) is 0.538. The monoisotopic (exact) mass is 207 g/mol. The summed E-state index contributed by atoms with van der Waals surface area (Å²) in [5.41, 5.74) is 7.28. The van der Waals surface area contributed by atoms with Gasteiger partial charge in [-0.1, -0.05) is 38.5 Å². The number of rotatable bonds is 5. The van der Waals surface area contributed by atoms with E-state index in [9.17, 15) is 0 Å². The summed E-state index contributed by atoms with van der Waals surface area (Å²) < 4.78 is 5.30. The Bertz CT molecular complexity index is 298. The van der Waals surface area contributed by atoms with E-state index in [4.69, 9.17) is 10.5 Å². The van der Waals surface area contributed by atoms with Crippen LogP contribution in [0.4, 0.5) is 0 Å². The van der Waals surface area contributed by atoms with Gasteiger partial charge in [-0.3, -0.25) is 0 Å². The minimum absolute atomic E-state index is 0.0797. The fourth-order valence-corrected chi connectivity index (χ4v) is 1.70. The Morgan fingerprint density at radius 1 is 1.33 bits per heavy atom. The molecule has 1 rings (SSSR count). The molecule has 0 aliphatic carbocycles. The SMILES string of the molecule is CCC(C)CC(N)c1ccccc1OC. The van der Waals surface area contributed by atoms with Crippen LogP contribution >= 0.6 is 0 Å². The minimum Gasteiger partial charge on any atom is -0.496 e. The lowest BCUT2D eigenvalue weighted by Gasteiger charge is -2.18. The maximum absolute atomic E-state index is 6.17. The van der Waals surface area contributed by atoms with Crippen molar-refractivity contribution in [2.24, 2.45) is 11.7 Å². The van der Waals surface area contributed by atoms with Gasteiger partial charge in [0, 0.05) is 11.6 Å². The second kappa shape index (κ2) is 5.76. The first kappa shape index (κ1) is 12.1. The molecule has 2 unspecified atom stereocenters. The smallest absolute Gasteiger partial charge is 0.123 e. The first-order valence-electron chi connectivity index (χ1n) is 5.57. The zero-order valence-corrected chi connectivity index (χ0v) is 9.86. The van der Waals surface area contributed by atoms with Crippen molar-refractivity contribution < 1.29 is 4.74 Å². The molecular formula is C13H21NO. The number of methoxy groups -OCH3 is 1. The average molecular weight is 207 g/mol. The van der Waals surface area contributed by atoms with Gasteiger partial charge in [-0.05, 0) is 18.4 Å². The molecule has 0 amide bonds. The van der Waals surface area contributed by atoms with Crippen molar-refractivity contribution in [1.29, 1.82) is 0 Å². The maximum atomic E-state index is 6.17. The Morgan fingerprint density at radius 2 is 2.00 bits per heavy atom. The van der Waals surface area contributed by atoms with Crippen LogP contribution in [0.2, 0.25) is 0 Å². The molecule has 2 N–H and O–H groups in total. The largest absolute Gasteiger partial charge is 0.496 e. The van der Waals surface area contributed by atoms with Gasteiger partial charge in [0.05, 0.1) is 7.11 Å². The average Bonchev–Trinajstić information content (AvgIpc) is 2.28. The van der Waals surface area contributed by atoms with E-state index in [1.807, 2.05) is 24.3 Å². The normalized spacial score (nSPS) is 14.7. The molecule has 15 heavy (non-hydrogen) atoms. The van der Waals surface area contributed by atoms with Crippen LogP contribution < -0.4 is 10.5 Å². The molecule has 1 aromatic carbocycles. The van der Waals surface area contributed by atoms with Gasteiger partial charge in [0.25, 0.3) is 0 Å². The van der Waals surface area contributed by atoms with E-state index in [0.717, 1.165) is 17.7 Å². The third-order valence-corrected chi connectivity index (χ3v) is 2.89. The molecule has 2 atom stereocenters. The Morgan fingerprint density at radius 3 is 2.60 bits per heavy atom. The van der Waals surface area contributed by atoms with Crippen molar-refractivity contribution in [1.82, 2.24) is 0 Å². The van der Waals surface area contributed by atoms with Crippen LogP contribution in [0.15, 0.2) is 24.3 Å². The summed E-state index contributed by atoms with van der Waals surface area (Å²) in [6.45, 7) is 4.43. The van der Waals surface area contributed by atoms with Crippen LogP contribution in [0.3, 0.4) is 0 Å². The summed E-state index contributed by atoms with van der Waals surface area (Å²) in [6.07, 6.45) is 2.18. The fourth-order valence-electron chi connectivity index (χ4n) is 1.70. The van der Waals surface area contributed by atoms with Gasteiger partial charge in [-0.2, -0.15) is 0 Å². The van der Waals surface area contributed by atoms with E-state index >= 15 is 0 Å². The Hall–Kier alpha value is -1.02. The van der Waals surface area contributed by atoms with Gasteiger partial charge in [-0.25, -0.2) is 0 Å². The minimum atomic E-state index is 0.0797. The molecule has 0 aromatic heterocycles. The summed E-state index contributed by atoms with van der Waals surface area (Å²) in [7, 11) is 1.69. The summed E-state index contributed by atoms with van der Waals surface area (Å²) in [5.74, 6) is 1.55. The highest BCUT2D eigenvalue weighted by Gasteiger charge is 2.13. The van der Waals surface area contributed by atoms with Gasteiger partial charge >= 0.3 is 0 Å². The third kappa shape index (κ3) is 3.24. The van der Waals surface area contributed by atoms with E-state index in [1.54, 1.807) is 7.11 Å². The molecule has 0 saturated heterocycles. The molecule has 2 nitrogen and oxygen atoms in total. The van der Waals surface area contributed by atoms with E-state index in [0.29, 0.717) is 5.92 Å². The molecule has 2 heteroatoms. The summed E-state index contributed by atoms with van der Waals surface area (Å²) in [4.78, 5) is 0. The first-order valence-corrected chi connectivity index (χ1v) is 5.57. The number of benzene rings is 1. The lowest BCUT2D eigenvalue weighted by Crippen LogP contribution is -2.14. The molecule has 0 saturated carbocycles. The molecule has 0 aliphatic rings. The highest BCUT2D eigenvalue weighted by atomic mass is 16.5. The van der Waals surface area contributed by atoms with E-state index in [2.05, 4.69) is 13.8 Å². The zero-order chi connectivity index (χ0) is 11.3. The highest BCUT2D eigenvalue weighted by Crippen LogP contribution is 2.27. The number of hydrogen-bond donors (Lipinski definition) is 1. The summed E-state index contributed by atoms with van der Waals surface area (Å²) in [5, 5.41) is 0. The van der Waals surface area contributed by atoms with E-state index in [-0.39, 0.29) is 6.04 Å². The highest BCUT2D eigenvalue weighted by molar-refractivity contribution is 5.35. The van der Waals surface area contributed by atoms with Crippen molar-refractivity contribution in [2.45, 2.75) is 32.7 Å². The van der Waals surface area contributed by atoms with Crippen LogP contribution in [-0.4, -0.2) is 7.11 Å². The predicted octanol–water partition coefficient (Wildman–Crippen LogP) is 3.13. The Kier molecular flexibility index (Phi) is 4.63. The van der Waals surface area contributed by atoms with Gasteiger partial charge < -0.3 is 10.5 Å². The van der Waals surface area contributed by atoms with Crippen molar-refractivity contribution in [3.05, 3.63) is 29.8 Å². The van der Waals surface area contributed by atoms with Gasteiger partial charge in [0.15, 0.2) is 0 Å². The van der Waals surface area contributed by atoms with Crippen molar-refractivity contribution in [3.63, 3.8) is 0 Å². The van der Waals surface area contributed by atoms with Crippen molar-refractivity contribution >= 4 is 0 Å². The lowest BCUT2D eigenvalue weighted by molar-refractivity contribution is 0.395. The molecule has 0 fully saturated rings. The van der Waals surface area contributed by atoms with Gasteiger partial charge in [-0.15, -0.1) is 0 Å². The lowest BCUT2D eigenvalue weighted by atomic mass is 9.94. The maximum Gasteiger partial charge on any atom is 0.123 e. The topological polar surface area (TPSA) is 35.2 Å². The van der Waals surface area contributed by atoms with Crippen LogP contribution in [0.5, 0.6) is 5.75 Å². The van der Waals surface area contributed by atoms with Crippen LogP contribution in [-0.2, 0) is 0 Å². The van der Waals surface area contributed by atoms with Gasteiger partial charge in [0.2, 0.25) is 0 Å². The van der Waals surface area contributed by atoms with Crippen LogP contribution in [0.25, 0.3) is 0 Å².